The van der Waals surface area contributed by atoms with Crippen LogP contribution in [0.25, 0.3) is 0 Å². The number of amides is 1. The molecule has 0 aliphatic carbocycles. The Morgan fingerprint density at radius 3 is 2.65 bits per heavy atom. The number of benzene rings is 1. The van der Waals surface area contributed by atoms with Gasteiger partial charge in [-0.1, -0.05) is 30.3 Å². The third-order valence-electron chi connectivity index (χ3n) is 4.06. The lowest BCUT2D eigenvalue weighted by Crippen LogP contribution is -2.38. The van der Waals surface area contributed by atoms with Crippen molar-refractivity contribution in [3.8, 4) is 0 Å². The zero-order chi connectivity index (χ0) is 14.2. The summed E-state index contributed by atoms with van der Waals surface area (Å²) in [5.41, 5.74) is 0.994. The van der Waals surface area contributed by atoms with Crippen molar-refractivity contribution in [3.63, 3.8) is 0 Å². The van der Waals surface area contributed by atoms with Crippen LogP contribution in [0, 0.1) is 0 Å². The average molecular weight is 294 g/mol. The fourth-order valence-electron chi connectivity index (χ4n) is 2.96. The van der Waals surface area contributed by atoms with E-state index in [9.17, 15) is 13.2 Å². The number of carbonyl (C=O) groups excluding carboxylic acids is 1. The van der Waals surface area contributed by atoms with Crippen molar-refractivity contribution < 1.29 is 13.2 Å². The van der Waals surface area contributed by atoms with Crippen LogP contribution >= 0.6 is 0 Å². The third-order valence-corrected chi connectivity index (χ3v) is 6.32. The van der Waals surface area contributed by atoms with E-state index in [-0.39, 0.29) is 24.4 Å². The van der Waals surface area contributed by atoms with Crippen LogP contribution in [-0.2, 0) is 14.6 Å². The molecule has 20 heavy (non-hydrogen) atoms. The Kier molecular flexibility index (Phi) is 3.52. The second-order valence-corrected chi connectivity index (χ2v) is 7.77. The predicted molar refractivity (Wildman–Crippen MR) is 75.7 cm³/mol. The lowest BCUT2D eigenvalue weighted by Gasteiger charge is -2.27. The molecular weight excluding hydrogens is 276 g/mol. The first-order chi connectivity index (χ1) is 9.58. The van der Waals surface area contributed by atoms with E-state index in [1.807, 2.05) is 30.3 Å². The standard InChI is InChI=1S/C14H18N2O3S/c17-13-9-15-14(11-5-2-1-3-6-11)16(13)10-12-7-4-8-20(12,18)19/h1-3,5-6,12,14-15H,4,7-10H2. The van der Waals surface area contributed by atoms with Crippen LogP contribution < -0.4 is 5.32 Å². The molecular formula is C14H18N2O3S. The minimum atomic E-state index is -3.03. The zero-order valence-corrected chi connectivity index (χ0v) is 12.0. The molecule has 0 saturated carbocycles. The van der Waals surface area contributed by atoms with E-state index < -0.39 is 15.1 Å². The Labute approximate surface area is 118 Å². The molecule has 6 heteroatoms. The molecule has 2 aliphatic rings. The molecule has 108 valence electrons. The van der Waals surface area contributed by atoms with Crippen LogP contribution in [0.3, 0.4) is 0 Å². The molecule has 2 saturated heterocycles. The van der Waals surface area contributed by atoms with Crippen molar-refractivity contribution in [1.29, 1.82) is 0 Å². The van der Waals surface area contributed by atoms with Gasteiger partial charge in [0.25, 0.3) is 0 Å². The molecule has 0 aromatic heterocycles. The zero-order valence-electron chi connectivity index (χ0n) is 11.2. The summed E-state index contributed by atoms with van der Waals surface area (Å²) in [5, 5.41) is 2.75. The Morgan fingerprint density at radius 1 is 1.25 bits per heavy atom. The van der Waals surface area contributed by atoms with Crippen molar-refractivity contribution >= 4 is 15.7 Å². The lowest BCUT2D eigenvalue weighted by molar-refractivity contribution is -0.128. The average Bonchev–Trinajstić information content (AvgIpc) is 2.96. The van der Waals surface area contributed by atoms with Gasteiger partial charge < -0.3 is 4.90 Å². The van der Waals surface area contributed by atoms with Crippen LogP contribution in [0.5, 0.6) is 0 Å². The van der Waals surface area contributed by atoms with E-state index in [0.717, 1.165) is 5.56 Å². The molecule has 0 bridgehead atoms. The fraction of sp³-hybridized carbons (Fsp3) is 0.500. The first-order valence-electron chi connectivity index (χ1n) is 6.87. The molecule has 1 amide bonds. The second-order valence-electron chi connectivity index (χ2n) is 5.37. The maximum Gasteiger partial charge on any atom is 0.238 e. The maximum atomic E-state index is 12.0. The van der Waals surface area contributed by atoms with Crippen molar-refractivity contribution in [1.82, 2.24) is 10.2 Å². The van der Waals surface area contributed by atoms with Crippen molar-refractivity contribution in [2.24, 2.45) is 0 Å². The van der Waals surface area contributed by atoms with Crippen LogP contribution in [0.2, 0.25) is 0 Å². The molecule has 2 heterocycles. The van der Waals surface area contributed by atoms with Crippen molar-refractivity contribution in [3.05, 3.63) is 35.9 Å². The molecule has 1 N–H and O–H groups in total. The van der Waals surface area contributed by atoms with E-state index in [1.165, 1.54) is 0 Å². The fourth-order valence-corrected chi connectivity index (χ4v) is 4.78. The largest absolute Gasteiger partial charge is 0.321 e. The minimum absolute atomic E-state index is 0.0269. The number of sulfone groups is 1. The molecule has 2 atom stereocenters. The summed E-state index contributed by atoms with van der Waals surface area (Å²) < 4.78 is 23.9. The number of nitrogens with zero attached hydrogens (tertiary/aromatic N) is 1. The molecule has 2 fully saturated rings. The van der Waals surface area contributed by atoms with E-state index in [2.05, 4.69) is 5.32 Å². The molecule has 0 radical (unpaired) electrons. The number of hydrogen-bond acceptors (Lipinski definition) is 4. The van der Waals surface area contributed by atoms with Gasteiger partial charge in [0, 0.05) is 6.54 Å². The van der Waals surface area contributed by atoms with Crippen molar-refractivity contribution in [2.45, 2.75) is 24.3 Å². The number of rotatable bonds is 3. The van der Waals surface area contributed by atoms with Gasteiger partial charge in [0.1, 0.15) is 6.17 Å². The monoisotopic (exact) mass is 294 g/mol. The Hall–Kier alpha value is -1.40. The van der Waals surface area contributed by atoms with Crippen LogP contribution in [0.15, 0.2) is 30.3 Å². The summed E-state index contributed by atoms with van der Waals surface area (Å²) >= 11 is 0. The minimum Gasteiger partial charge on any atom is -0.321 e. The van der Waals surface area contributed by atoms with Gasteiger partial charge >= 0.3 is 0 Å². The van der Waals surface area contributed by atoms with Crippen LogP contribution in [0.1, 0.15) is 24.6 Å². The maximum absolute atomic E-state index is 12.0. The third kappa shape index (κ3) is 2.45. The highest BCUT2D eigenvalue weighted by Gasteiger charge is 2.38. The Morgan fingerprint density at radius 2 is 2.00 bits per heavy atom. The lowest BCUT2D eigenvalue weighted by atomic mass is 10.1. The highest BCUT2D eigenvalue weighted by Crippen LogP contribution is 2.27. The van der Waals surface area contributed by atoms with Gasteiger partial charge in [0.15, 0.2) is 9.84 Å². The summed E-state index contributed by atoms with van der Waals surface area (Å²) in [7, 11) is -3.03. The van der Waals surface area contributed by atoms with Gasteiger partial charge in [-0.25, -0.2) is 8.42 Å². The summed E-state index contributed by atoms with van der Waals surface area (Å²) in [5.74, 6) is 0.226. The van der Waals surface area contributed by atoms with E-state index in [0.29, 0.717) is 19.4 Å². The number of carbonyl (C=O) groups is 1. The molecule has 1 aromatic rings. The van der Waals surface area contributed by atoms with Crippen molar-refractivity contribution in [2.75, 3.05) is 18.8 Å². The van der Waals surface area contributed by atoms with Crippen LogP contribution in [-0.4, -0.2) is 43.3 Å². The summed E-state index contributed by atoms with van der Waals surface area (Å²) in [4.78, 5) is 13.7. The quantitative estimate of drug-likeness (QED) is 0.891. The molecule has 5 nitrogen and oxygen atoms in total. The molecule has 1 aromatic carbocycles. The molecule has 0 spiro atoms. The van der Waals surface area contributed by atoms with Gasteiger partial charge in [-0.15, -0.1) is 0 Å². The summed E-state index contributed by atoms with van der Waals surface area (Å²) in [6.07, 6.45) is 1.16. The van der Waals surface area contributed by atoms with E-state index in [1.54, 1.807) is 4.90 Å². The highest BCUT2D eigenvalue weighted by molar-refractivity contribution is 7.92. The normalized spacial score (nSPS) is 29.0. The van der Waals surface area contributed by atoms with E-state index in [4.69, 9.17) is 0 Å². The molecule has 2 unspecified atom stereocenters. The Bertz CT molecular complexity index is 600. The van der Waals surface area contributed by atoms with Crippen LogP contribution in [0.4, 0.5) is 0 Å². The van der Waals surface area contributed by atoms with E-state index >= 15 is 0 Å². The van der Waals surface area contributed by atoms with Gasteiger partial charge in [-0.2, -0.15) is 0 Å². The summed E-state index contributed by atoms with van der Waals surface area (Å²) in [6, 6.07) is 9.67. The smallest absolute Gasteiger partial charge is 0.238 e. The van der Waals surface area contributed by atoms with Gasteiger partial charge in [0.2, 0.25) is 5.91 Å². The van der Waals surface area contributed by atoms with Gasteiger partial charge in [-0.3, -0.25) is 10.1 Å². The second kappa shape index (κ2) is 5.18. The number of hydrogen-bond donors (Lipinski definition) is 1. The summed E-state index contributed by atoms with van der Waals surface area (Å²) in [6.45, 7) is 0.570. The predicted octanol–water partition coefficient (Wildman–Crippen LogP) is 0.694. The Balaban J connectivity index is 1.81. The first-order valence-corrected chi connectivity index (χ1v) is 8.59. The first kappa shape index (κ1) is 13.6. The number of nitrogens with one attached hydrogen (secondary N) is 1. The SMILES string of the molecule is O=C1CNC(c2ccccc2)N1CC1CCCS1(=O)=O. The molecule has 2 aliphatic heterocycles. The topological polar surface area (TPSA) is 66.5 Å². The highest BCUT2D eigenvalue weighted by atomic mass is 32.2. The van der Waals surface area contributed by atoms with Gasteiger partial charge in [-0.05, 0) is 18.4 Å². The molecule has 3 rings (SSSR count). The van der Waals surface area contributed by atoms with Gasteiger partial charge in [0.05, 0.1) is 17.5 Å².